The Morgan fingerprint density at radius 3 is 2.50 bits per heavy atom. The summed E-state index contributed by atoms with van der Waals surface area (Å²) in [6.45, 7) is 0.246. The van der Waals surface area contributed by atoms with E-state index in [1.54, 1.807) is 31.4 Å². The Morgan fingerprint density at radius 1 is 1.11 bits per heavy atom. The molecule has 0 aliphatic carbocycles. The standard InChI is InChI=1S/C18H15F2N5O3/c1-28-13-5-2-11(3-6-13)9-21-17-16(25(26)27)18(23-10-22-17)24-15-8-12(19)4-7-14(15)20/h2-8,10H,9H2,1H3,(H2,21,22,23,24). The normalized spacial score (nSPS) is 10.4. The molecule has 0 spiro atoms. The zero-order chi connectivity index (χ0) is 20.1. The van der Waals surface area contributed by atoms with E-state index in [0.717, 1.165) is 30.1 Å². The van der Waals surface area contributed by atoms with Gasteiger partial charge in [0, 0.05) is 12.6 Å². The second-order valence-electron chi connectivity index (χ2n) is 5.63. The molecule has 0 saturated carbocycles. The lowest BCUT2D eigenvalue weighted by Crippen LogP contribution is -2.08. The first-order chi connectivity index (χ1) is 13.5. The van der Waals surface area contributed by atoms with E-state index in [2.05, 4.69) is 20.6 Å². The van der Waals surface area contributed by atoms with Crippen LogP contribution >= 0.6 is 0 Å². The van der Waals surface area contributed by atoms with Gasteiger partial charge in [-0.2, -0.15) is 0 Å². The maximum absolute atomic E-state index is 13.9. The number of aromatic nitrogens is 2. The van der Waals surface area contributed by atoms with Crippen molar-refractivity contribution in [1.29, 1.82) is 0 Å². The van der Waals surface area contributed by atoms with E-state index in [0.29, 0.717) is 5.75 Å². The summed E-state index contributed by atoms with van der Waals surface area (Å²) in [7, 11) is 1.55. The van der Waals surface area contributed by atoms with Crippen LogP contribution in [0.1, 0.15) is 5.56 Å². The first kappa shape index (κ1) is 19.0. The van der Waals surface area contributed by atoms with E-state index in [-0.39, 0.29) is 23.9 Å². The smallest absolute Gasteiger partial charge is 0.353 e. The molecule has 0 radical (unpaired) electrons. The Morgan fingerprint density at radius 2 is 1.82 bits per heavy atom. The first-order valence-corrected chi connectivity index (χ1v) is 8.06. The highest BCUT2D eigenvalue weighted by Crippen LogP contribution is 2.32. The molecule has 0 atom stereocenters. The zero-order valence-electron chi connectivity index (χ0n) is 14.6. The lowest BCUT2D eigenvalue weighted by molar-refractivity contribution is -0.383. The molecule has 2 N–H and O–H groups in total. The maximum Gasteiger partial charge on any atom is 0.353 e. The predicted octanol–water partition coefficient (Wildman–Crippen LogP) is 4.03. The summed E-state index contributed by atoms with van der Waals surface area (Å²) in [5, 5.41) is 16.9. The van der Waals surface area contributed by atoms with E-state index in [9.17, 15) is 18.9 Å². The SMILES string of the molecule is COc1ccc(CNc2ncnc(Nc3cc(F)ccc3F)c2[N+](=O)[O-])cc1. The number of halogens is 2. The van der Waals surface area contributed by atoms with Crippen molar-refractivity contribution in [2.24, 2.45) is 0 Å². The summed E-state index contributed by atoms with van der Waals surface area (Å²) in [5.74, 6) is -1.11. The van der Waals surface area contributed by atoms with Crippen molar-refractivity contribution in [2.75, 3.05) is 17.7 Å². The van der Waals surface area contributed by atoms with Crippen molar-refractivity contribution in [1.82, 2.24) is 9.97 Å². The fraction of sp³-hybridized carbons (Fsp3) is 0.111. The molecule has 8 nitrogen and oxygen atoms in total. The summed E-state index contributed by atoms with van der Waals surface area (Å²) in [6, 6.07) is 9.83. The summed E-state index contributed by atoms with van der Waals surface area (Å²) in [5.41, 5.74) is 0.0713. The van der Waals surface area contributed by atoms with Crippen LogP contribution in [0.4, 0.5) is 31.8 Å². The molecule has 0 unspecified atom stereocenters. The topological polar surface area (TPSA) is 102 Å². The van der Waals surface area contributed by atoms with Gasteiger partial charge in [-0.25, -0.2) is 18.7 Å². The molecule has 144 valence electrons. The number of anilines is 3. The molecule has 1 aromatic heterocycles. The van der Waals surface area contributed by atoms with Gasteiger partial charge in [-0.15, -0.1) is 0 Å². The van der Waals surface area contributed by atoms with E-state index in [4.69, 9.17) is 4.74 Å². The predicted molar refractivity (Wildman–Crippen MR) is 98.6 cm³/mol. The Hall–Kier alpha value is -3.82. The molecule has 1 heterocycles. The Bertz CT molecular complexity index is 999. The van der Waals surface area contributed by atoms with Crippen molar-refractivity contribution in [2.45, 2.75) is 6.54 Å². The maximum atomic E-state index is 13.9. The number of nitrogens with zero attached hydrogens (tertiary/aromatic N) is 3. The van der Waals surface area contributed by atoms with Gasteiger partial charge in [0.15, 0.2) is 0 Å². The van der Waals surface area contributed by atoms with Gasteiger partial charge in [-0.05, 0) is 29.8 Å². The first-order valence-electron chi connectivity index (χ1n) is 8.06. The molecule has 0 aliphatic heterocycles. The number of rotatable bonds is 7. The number of nitro groups is 1. The summed E-state index contributed by atoms with van der Waals surface area (Å²) < 4.78 is 32.3. The lowest BCUT2D eigenvalue weighted by Gasteiger charge is -2.11. The molecule has 0 amide bonds. The van der Waals surface area contributed by atoms with Crippen LogP contribution in [0.15, 0.2) is 48.8 Å². The molecule has 2 aromatic carbocycles. The average Bonchev–Trinajstić information content (AvgIpc) is 2.69. The molecular weight excluding hydrogens is 372 g/mol. The Labute approximate surface area is 158 Å². The van der Waals surface area contributed by atoms with E-state index in [1.165, 1.54) is 0 Å². The van der Waals surface area contributed by atoms with Gasteiger partial charge in [0.25, 0.3) is 0 Å². The van der Waals surface area contributed by atoms with Gasteiger partial charge in [-0.3, -0.25) is 10.1 Å². The lowest BCUT2D eigenvalue weighted by atomic mass is 10.2. The number of ether oxygens (including phenoxy) is 1. The van der Waals surface area contributed by atoms with E-state index in [1.807, 2.05) is 0 Å². The summed E-state index contributed by atoms with van der Waals surface area (Å²) >= 11 is 0. The molecular formula is C18H15F2N5O3. The van der Waals surface area contributed by atoms with Gasteiger partial charge in [0.1, 0.15) is 23.7 Å². The van der Waals surface area contributed by atoms with Gasteiger partial charge in [0.05, 0.1) is 17.7 Å². The average molecular weight is 387 g/mol. The third kappa shape index (κ3) is 4.29. The van der Waals surface area contributed by atoms with Crippen molar-refractivity contribution in [3.63, 3.8) is 0 Å². The highest BCUT2D eigenvalue weighted by atomic mass is 19.1. The molecule has 0 fully saturated rings. The minimum atomic E-state index is -0.776. The highest BCUT2D eigenvalue weighted by Gasteiger charge is 2.23. The Kier molecular flexibility index (Phi) is 5.58. The number of hydrogen-bond donors (Lipinski definition) is 2. The van der Waals surface area contributed by atoms with Crippen molar-refractivity contribution in [3.8, 4) is 5.75 Å². The van der Waals surface area contributed by atoms with Crippen LogP contribution < -0.4 is 15.4 Å². The van der Waals surface area contributed by atoms with Crippen LogP contribution in [-0.4, -0.2) is 22.0 Å². The van der Waals surface area contributed by atoms with Gasteiger partial charge < -0.3 is 15.4 Å². The van der Waals surface area contributed by atoms with Crippen LogP contribution in [-0.2, 0) is 6.54 Å². The van der Waals surface area contributed by atoms with Crippen molar-refractivity contribution >= 4 is 23.0 Å². The highest BCUT2D eigenvalue weighted by molar-refractivity contribution is 5.73. The van der Waals surface area contributed by atoms with Gasteiger partial charge in [-0.1, -0.05) is 12.1 Å². The number of hydrogen-bond acceptors (Lipinski definition) is 7. The van der Waals surface area contributed by atoms with Gasteiger partial charge in [0.2, 0.25) is 11.6 Å². The molecule has 3 rings (SSSR count). The fourth-order valence-corrected chi connectivity index (χ4v) is 2.42. The quantitative estimate of drug-likeness (QED) is 0.466. The molecule has 0 aliphatic rings. The fourth-order valence-electron chi connectivity index (χ4n) is 2.42. The zero-order valence-corrected chi connectivity index (χ0v) is 14.6. The monoisotopic (exact) mass is 387 g/mol. The van der Waals surface area contributed by atoms with Crippen molar-refractivity contribution < 1.29 is 18.4 Å². The third-order valence-corrected chi connectivity index (χ3v) is 3.81. The molecule has 28 heavy (non-hydrogen) atoms. The summed E-state index contributed by atoms with van der Waals surface area (Å²) in [4.78, 5) is 18.5. The number of benzene rings is 2. The van der Waals surface area contributed by atoms with E-state index >= 15 is 0 Å². The van der Waals surface area contributed by atoms with Crippen LogP contribution in [0, 0.1) is 21.7 Å². The minimum absolute atomic E-state index is 0.0601. The van der Waals surface area contributed by atoms with Crippen molar-refractivity contribution in [3.05, 3.63) is 76.1 Å². The molecule has 0 bridgehead atoms. The third-order valence-electron chi connectivity index (χ3n) is 3.81. The largest absolute Gasteiger partial charge is 0.497 e. The van der Waals surface area contributed by atoms with Crippen LogP contribution in [0.5, 0.6) is 5.75 Å². The second kappa shape index (κ2) is 8.25. The Balaban J connectivity index is 1.86. The van der Waals surface area contributed by atoms with Gasteiger partial charge >= 0.3 is 5.69 Å². The minimum Gasteiger partial charge on any atom is -0.497 e. The van der Waals surface area contributed by atoms with Crippen LogP contribution in [0.2, 0.25) is 0 Å². The van der Waals surface area contributed by atoms with Crippen LogP contribution in [0.3, 0.4) is 0 Å². The second-order valence-corrected chi connectivity index (χ2v) is 5.63. The number of nitrogens with one attached hydrogen (secondary N) is 2. The van der Waals surface area contributed by atoms with E-state index < -0.39 is 22.2 Å². The number of methoxy groups -OCH3 is 1. The molecule has 3 aromatic rings. The van der Waals surface area contributed by atoms with Crippen LogP contribution in [0.25, 0.3) is 0 Å². The molecule has 0 saturated heterocycles. The molecule has 10 heteroatoms. The summed E-state index contributed by atoms with van der Waals surface area (Å²) in [6.07, 6.45) is 1.09.